The first kappa shape index (κ1) is 25.7. The van der Waals surface area contributed by atoms with E-state index in [1.54, 1.807) is 31.4 Å². The predicted molar refractivity (Wildman–Crippen MR) is 131 cm³/mol. The van der Waals surface area contributed by atoms with Gasteiger partial charge in [-0.3, -0.25) is 4.90 Å². The summed E-state index contributed by atoms with van der Waals surface area (Å²) in [6, 6.07) is 13.7. The Labute approximate surface area is 198 Å². The summed E-state index contributed by atoms with van der Waals surface area (Å²) in [5.74, 6) is 0.214. The van der Waals surface area contributed by atoms with Gasteiger partial charge >= 0.3 is 0 Å². The number of likely N-dealkylation sites (N-methyl/N-ethyl adjacent to an activating group) is 1. The average molecular weight is 495 g/mol. The number of hydrogen-bond acceptors (Lipinski definition) is 7. The summed E-state index contributed by atoms with van der Waals surface area (Å²) in [6.45, 7) is 8.09. The Balaban J connectivity index is 1.86. The van der Waals surface area contributed by atoms with Gasteiger partial charge in [-0.2, -0.15) is 0 Å². The minimum Gasteiger partial charge on any atom is -0.497 e. The van der Waals surface area contributed by atoms with Gasteiger partial charge in [-0.15, -0.1) is 0 Å². The fourth-order valence-electron chi connectivity index (χ4n) is 4.43. The molecule has 9 heteroatoms. The van der Waals surface area contributed by atoms with Crippen molar-refractivity contribution in [1.82, 2.24) is 10.2 Å². The molecule has 2 aromatic carbocycles. The van der Waals surface area contributed by atoms with Gasteiger partial charge in [0.15, 0.2) is 19.7 Å². The lowest BCUT2D eigenvalue weighted by Gasteiger charge is -2.32. The van der Waals surface area contributed by atoms with E-state index in [9.17, 15) is 16.8 Å². The van der Waals surface area contributed by atoms with Crippen LogP contribution in [0.25, 0.3) is 0 Å². The zero-order chi connectivity index (χ0) is 24.2. The maximum Gasteiger partial charge on any atom is 0.183 e. The van der Waals surface area contributed by atoms with Crippen LogP contribution in [0.3, 0.4) is 0 Å². The highest BCUT2D eigenvalue weighted by molar-refractivity contribution is 7.96. The van der Waals surface area contributed by atoms with E-state index in [1.165, 1.54) is 0 Å². The number of ether oxygens (including phenoxy) is 1. The van der Waals surface area contributed by atoms with Crippen LogP contribution < -0.4 is 10.1 Å². The number of rotatable bonds is 10. The molecular formula is C24H34N2O5S2. The second-order valence-corrected chi connectivity index (χ2v) is 12.8. The molecule has 182 valence electrons. The molecule has 0 aliphatic carbocycles. The smallest absolute Gasteiger partial charge is 0.183 e. The summed E-state index contributed by atoms with van der Waals surface area (Å²) in [4.78, 5) is 2.43. The molecule has 3 rings (SSSR count). The van der Waals surface area contributed by atoms with Crippen LogP contribution in [0.1, 0.15) is 31.0 Å². The molecule has 0 aromatic heterocycles. The highest BCUT2D eigenvalue weighted by atomic mass is 32.2. The second-order valence-electron chi connectivity index (χ2n) is 8.50. The molecule has 33 heavy (non-hydrogen) atoms. The molecule has 3 atom stereocenters. The first-order chi connectivity index (χ1) is 15.6. The Kier molecular flexibility index (Phi) is 8.21. The highest BCUT2D eigenvalue weighted by Crippen LogP contribution is 2.28. The second kappa shape index (κ2) is 10.5. The van der Waals surface area contributed by atoms with Crippen molar-refractivity contribution in [3.63, 3.8) is 0 Å². The van der Waals surface area contributed by atoms with Crippen molar-refractivity contribution >= 4 is 19.7 Å². The first-order valence-electron chi connectivity index (χ1n) is 11.2. The van der Waals surface area contributed by atoms with Gasteiger partial charge in [-0.1, -0.05) is 43.7 Å². The third-order valence-corrected chi connectivity index (χ3v) is 10.5. The van der Waals surface area contributed by atoms with E-state index in [4.69, 9.17) is 4.74 Å². The van der Waals surface area contributed by atoms with Gasteiger partial charge in [0.1, 0.15) is 5.75 Å². The maximum absolute atomic E-state index is 13.3. The molecule has 1 fully saturated rings. The molecule has 7 nitrogen and oxygen atoms in total. The lowest BCUT2D eigenvalue weighted by Crippen LogP contribution is -2.47. The number of benzene rings is 2. The Hall–Kier alpha value is -1.94. The number of nitrogens with one attached hydrogen (secondary N) is 1. The molecule has 1 heterocycles. The SMILES string of the molecule is CCN(CC)C(CN[C@H]1CS(=O)(=O)C[C@@H]1S(=O)(=O)c1ccc(C)cc1)c1ccc(OC)cc1. The van der Waals surface area contributed by atoms with E-state index < -0.39 is 31.0 Å². The lowest BCUT2D eigenvalue weighted by molar-refractivity contribution is 0.209. The Morgan fingerprint density at radius 3 is 2.18 bits per heavy atom. The molecule has 0 spiro atoms. The topological polar surface area (TPSA) is 92.8 Å². The maximum atomic E-state index is 13.3. The first-order valence-corrected chi connectivity index (χ1v) is 14.6. The Bertz CT molecular complexity index is 1130. The zero-order valence-electron chi connectivity index (χ0n) is 19.7. The van der Waals surface area contributed by atoms with Gasteiger partial charge in [0.05, 0.1) is 28.8 Å². The largest absolute Gasteiger partial charge is 0.497 e. The highest BCUT2D eigenvalue weighted by Gasteiger charge is 2.45. The van der Waals surface area contributed by atoms with Gasteiger partial charge in [0.2, 0.25) is 0 Å². The molecule has 2 aromatic rings. The number of methoxy groups -OCH3 is 1. The van der Waals surface area contributed by atoms with Crippen LogP contribution in [0, 0.1) is 6.92 Å². The predicted octanol–water partition coefficient (Wildman–Crippen LogP) is 2.62. The van der Waals surface area contributed by atoms with Gasteiger partial charge in [0, 0.05) is 18.6 Å². The molecule has 0 amide bonds. The lowest BCUT2D eigenvalue weighted by atomic mass is 10.0. The van der Waals surface area contributed by atoms with Crippen LogP contribution in [-0.2, 0) is 19.7 Å². The molecule has 1 unspecified atom stereocenters. The fraction of sp³-hybridized carbons (Fsp3) is 0.500. The number of nitrogens with zero attached hydrogens (tertiary/aromatic N) is 1. The zero-order valence-corrected chi connectivity index (χ0v) is 21.3. The van der Waals surface area contributed by atoms with Crippen LogP contribution in [-0.4, -0.2) is 71.3 Å². The van der Waals surface area contributed by atoms with E-state index in [1.807, 2.05) is 31.2 Å². The van der Waals surface area contributed by atoms with Crippen LogP contribution in [0.2, 0.25) is 0 Å². The molecule has 1 aliphatic heterocycles. The minimum absolute atomic E-state index is 0.0306. The van der Waals surface area contributed by atoms with Crippen molar-refractivity contribution in [2.24, 2.45) is 0 Å². The molecular weight excluding hydrogens is 460 g/mol. The van der Waals surface area contributed by atoms with Gasteiger partial charge in [0.25, 0.3) is 0 Å². The van der Waals surface area contributed by atoms with Crippen molar-refractivity contribution in [2.45, 2.75) is 43.0 Å². The van der Waals surface area contributed by atoms with Crippen molar-refractivity contribution < 1.29 is 21.6 Å². The summed E-state index contributed by atoms with van der Waals surface area (Å²) in [5, 5.41) is 2.30. The van der Waals surface area contributed by atoms with Crippen LogP contribution in [0.4, 0.5) is 0 Å². The minimum atomic E-state index is -3.80. The molecule has 1 aliphatic rings. The van der Waals surface area contributed by atoms with Crippen LogP contribution in [0.15, 0.2) is 53.4 Å². The van der Waals surface area contributed by atoms with E-state index >= 15 is 0 Å². The quantitative estimate of drug-likeness (QED) is 0.543. The molecule has 0 radical (unpaired) electrons. The number of aryl methyl sites for hydroxylation is 1. The van der Waals surface area contributed by atoms with E-state index in [-0.39, 0.29) is 22.4 Å². The van der Waals surface area contributed by atoms with Gasteiger partial charge < -0.3 is 10.1 Å². The fourth-order valence-corrected chi connectivity index (χ4v) is 9.14. The summed E-state index contributed by atoms with van der Waals surface area (Å²) in [7, 11) is -5.65. The third-order valence-electron chi connectivity index (χ3n) is 6.38. The summed E-state index contributed by atoms with van der Waals surface area (Å²) in [6.07, 6.45) is 0. The van der Waals surface area contributed by atoms with E-state index in [2.05, 4.69) is 24.1 Å². The normalized spacial score (nSPS) is 21.2. The monoisotopic (exact) mass is 494 g/mol. The van der Waals surface area contributed by atoms with Gasteiger partial charge in [-0.25, -0.2) is 16.8 Å². The third kappa shape index (κ3) is 5.95. The summed E-state index contributed by atoms with van der Waals surface area (Å²) in [5.41, 5.74) is 2.01. The molecule has 0 saturated carbocycles. The number of hydrogen-bond donors (Lipinski definition) is 1. The van der Waals surface area contributed by atoms with Crippen molar-refractivity contribution in [3.8, 4) is 5.75 Å². The molecule has 1 N–H and O–H groups in total. The summed E-state index contributed by atoms with van der Waals surface area (Å²) < 4.78 is 56.9. The van der Waals surface area contributed by atoms with E-state index in [0.717, 1.165) is 30.0 Å². The average Bonchev–Trinajstić information content (AvgIpc) is 3.12. The standard InChI is InChI=1S/C24H34N2O5S2/c1-5-26(6-2)23(19-9-11-20(31-4)12-10-19)15-25-22-16-32(27,28)17-24(22)33(29,30)21-13-7-18(3)8-14-21/h7-14,22-25H,5-6,15-17H2,1-4H3/t22-,23?,24-/m0/s1. The van der Waals surface area contributed by atoms with Crippen molar-refractivity contribution in [1.29, 1.82) is 0 Å². The number of sulfone groups is 2. The van der Waals surface area contributed by atoms with E-state index in [0.29, 0.717) is 6.54 Å². The Morgan fingerprint density at radius 2 is 1.64 bits per heavy atom. The van der Waals surface area contributed by atoms with Crippen LogP contribution >= 0.6 is 0 Å². The Morgan fingerprint density at radius 1 is 1.03 bits per heavy atom. The molecule has 1 saturated heterocycles. The van der Waals surface area contributed by atoms with Crippen molar-refractivity contribution in [2.75, 3.05) is 38.2 Å². The molecule has 0 bridgehead atoms. The van der Waals surface area contributed by atoms with Crippen molar-refractivity contribution in [3.05, 3.63) is 59.7 Å². The van der Waals surface area contributed by atoms with Crippen LogP contribution in [0.5, 0.6) is 5.75 Å². The summed E-state index contributed by atoms with van der Waals surface area (Å²) >= 11 is 0. The van der Waals surface area contributed by atoms with Gasteiger partial charge in [-0.05, 0) is 49.8 Å².